The van der Waals surface area contributed by atoms with Gasteiger partial charge in [0.05, 0.1) is 26.4 Å². The van der Waals surface area contributed by atoms with E-state index in [0.29, 0.717) is 13.2 Å². The number of nitrogens with zero attached hydrogens (tertiary/aromatic N) is 2. The Kier molecular flexibility index (Phi) is 5.75. The van der Waals surface area contributed by atoms with E-state index in [-0.39, 0.29) is 19.2 Å². The minimum atomic E-state index is -1.24. The molecule has 3 heterocycles. The van der Waals surface area contributed by atoms with E-state index in [1.807, 2.05) is 60.7 Å². The minimum Gasteiger partial charge on any atom is -0.453 e. The highest BCUT2D eigenvalue weighted by Gasteiger charge is 2.63. The Morgan fingerprint density at radius 3 is 2.38 bits per heavy atom. The molecule has 0 spiro atoms. The standard InChI is InChI=1S/C24H24N2O6/c27-16-24-22(31-23-25-20(28)11-12-26(23)24)21(30-14-18-9-5-2-6-10-18)19(32-24)15-29-13-17-7-3-1-4-8-17/h1-12,19,21-22,27H,13-16H2/t19-,21-,22+,24-/m1/s1. The Morgan fingerprint density at radius 1 is 1.00 bits per heavy atom. The van der Waals surface area contributed by atoms with Gasteiger partial charge in [-0.2, -0.15) is 4.98 Å². The first-order valence-electron chi connectivity index (χ1n) is 10.5. The summed E-state index contributed by atoms with van der Waals surface area (Å²) < 4.78 is 26.1. The van der Waals surface area contributed by atoms with Crippen LogP contribution >= 0.6 is 0 Å². The average Bonchev–Trinajstić information content (AvgIpc) is 3.29. The monoisotopic (exact) mass is 436 g/mol. The van der Waals surface area contributed by atoms with Crippen molar-refractivity contribution in [3.8, 4) is 6.01 Å². The minimum absolute atomic E-state index is 0.105. The van der Waals surface area contributed by atoms with E-state index in [0.717, 1.165) is 11.1 Å². The molecule has 3 aromatic rings. The van der Waals surface area contributed by atoms with Crippen molar-refractivity contribution in [1.82, 2.24) is 9.55 Å². The van der Waals surface area contributed by atoms with Crippen molar-refractivity contribution in [3.63, 3.8) is 0 Å². The fourth-order valence-corrected chi connectivity index (χ4v) is 4.23. The van der Waals surface area contributed by atoms with Gasteiger partial charge in [0, 0.05) is 12.3 Å². The van der Waals surface area contributed by atoms with Crippen LogP contribution in [0.3, 0.4) is 0 Å². The first-order chi connectivity index (χ1) is 15.7. The molecule has 1 N–H and O–H groups in total. The molecular weight excluding hydrogens is 412 g/mol. The van der Waals surface area contributed by atoms with Crippen molar-refractivity contribution in [2.24, 2.45) is 0 Å². The van der Waals surface area contributed by atoms with Gasteiger partial charge in [-0.1, -0.05) is 60.7 Å². The zero-order valence-electron chi connectivity index (χ0n) is 17.4. The van der Waals surface area contributed by atoms with Crippen LogP contribution < -0.4 is 10.3 Å². The Labute approximate surface area is 185 Å². The lowest BCUT2D eigenvalue weighted by atomic mass is 10.0. The van der Waals surface area contributed by atoms with Crippen molar-refractivity contribution in [1.29, 1.82) is 0 Å². The number of aromatic nitrogens is 2. The maximum atomic E-state index is 11.7. The molecule has 2 aromatic carbocycles. The topological polar surface area (TPSA) is 92.0 Å². The predicted molar refractivity (Wildman–Crippen MR) is 114 cm³/mol. The van der Waals surface area contributed by atoms with E-state index in [1.165, 1.54) is 12.3 Å². The fourth-order valence-electron chi connectivity index (χ4n) is 4.23. The van der Waals surface area contributed by atoms with Crippen LogP contribution in [0.2, 0.25) is 0 Å². The van der Waals surface area contributed by atoms with Crippen LogP contribution in [-0.4, -0.2) is 46.2 Å². The quantitative estimate of drug-likeness (QED) is 0.576. The molecule has 1 fully saturated rings. The third-order valence-corrected chi connectivity index (χ3v) is 5.79. The second kappa shape index (κ2) is 8.84. The molecule has 2 aliphatic heterocycles. The average molecular weight is 436 g/mol. The Bertz CT molecular complexity index is 1110. The van der Waals surface area contributed by atoms with Crippen LogP contribution in [0.4, 0.5) is 0 Å². The van der Waals surface area contributed by atoms with E-state index in [2.05, 4.69) is 4.98 Å². The molecule has 0 radical (unpaired) electrons. The Morgan fingerprint density at radius 2 is 1.69 bits per heavy atom. The number of fused-ring (bicyclic) bond motifs is 3. The molecule has 0 unspecified atom stereocenters. The summed E-state index contributed by atoms with van der Waals surface area (Å²) >= 11 is 0. The second-order valence-electron chi connectivity index (χ2n) is 7.88. The van der Waals surface area contributed by atoms with Gasteiger partial charge in [-0.05, 0) is 11.1 Å². The van der Waals surface area contributed by atoms with Crippen LogP contribution in [0.15, 0.2) is 77.7 Å². The van der Waals surface area contributed by atoms with Gasteiger partial charge in [0.25, 0.3) is 5.56 Å². The summed E-state index contributed by atoms with van der Waals surface area (Å²) in [6.07, 6.45) is -0.194. The number of hydrogen-bond acceptors (Lipinski definition) is 7. The van der Waals surface area contributed by atoms with Gasteiger partial charge in [-0.15, -0.1) is 0 Å². The van der Waals surface area contributed by atoms with Gasteiger partial charge in [-0.3, -0.25) is 9.36 Å². The van der Waals surface area contributed by atoms with Crippen LogP contribution in [0.25, 0.3) is 0 Å². The summed E-state index contributed by atoms with van der Waals surface area (Å²) in [5.74, 6) is 0. The van der Waals surface area contributed by atoms with Gasteiger partial charge in [0.2, 0.25) is 5.72 Å². The Balaban J connectivity index is 1.38. The molecule has 1 aromatic heterocycles. The normalized spacial score (nSPS) is 25.8. The van der Waals surface area contributed by atoms with Gasteiger partial charge in [-0.25, -0.2) is 0 Å². The van der Waals surface area contributed by atoms with E-state index in [4.69, 9.17) is 18.9 Å². The zero-order valence-corrected chi connectivity index (χ0v) is 17.4. The third-order valence-electron chi connectivity index (χ3n) is 5.79. The fraction of sp³-hybridized carbons (Fsp3) is 0.333. The van der Waals surface area contributed by atoms with E-state index >= 15 is 0 Å². The number of aliphatic hydroxyl groups excluding tert-OH is 1. The SMILES string of the molecule is O=c1ccn2c(n1)O[C@H]1[C@H](OCc3ccccc3)[C@@H](COCc3ccccc3)O[C@]12CO. The van der Waals surface area contributed by atoms with Crippen molar-refractivity contribution in [3.05, 3.63) is 94.4 Å². The molecule has 5 rings (SSSR count). The van der Waals surface area contributed by atoms with Crippen molar-refractivity contribution in [2.45, 2.75) is 37.3 Å². The number of hydrogen-bond donors (Lipinski definition) is 1. The van der Waals surface area contributed by atoms with Crippen LogP contribution in [-0.2, 0) is 33.1 Å². The molecule has 8 nitrogen and oxygen atoms in total. The molecule has 0 aliphatic carbocycles. The molecule has 0 amide bonds. The largest absolute Gasteiger partial charge is 0.453 e. The molecule has 0 saturated carbocycles. The van der Waals surface area contributed by atoms with Crippen molar-refractivity contribution < 1.29 is 24.1 Å². The number of ether oxygens (including phenoxy) is 4. The molecule has 8 heteroatoms. The van der Waals surface area contributed by atoms with Gasteiger partial charge < -0.3 is 24.1 Å². The predicted octanol–water partition coefficient (Wildman–Crippen LogP) is 1.85. The second-order valence-corrected chi connectivity index (χ2v) is 7.88. The molecular formula is C24H24N2O6. The summed E-state index contributed by atoms with van der Waals surface area (Å²) in [5, 5.41) is 10.3. The van der Waals surface area contributed by atoms with Crippen LogP contribution in [0, 0.1) is 0 Å². The maximum absolute atomic E-state index is 11.7. The summed E-state index contributed by atoms with van der Waals surface area (Å²) in [6.45, 7) is 0.649. The first-order valence-corrected chi connectivity index (χ1v) is 10.5. The molecule has 1 saturated heterocycles. The van der Waals surface area contributed by atoms with Gasteiger partial charge in [0.15, 0.2) is 6.10 Å². The van der Waals surface area contributed by atoms with Crippen molar-refractivity contribution >= 4 is 0 Å². The third kappa shape index (κ3) is 3.82. The first kappa shape index (κ1) is 20.8. The number of aliphatic hydroxyl groups is 1. The smallest absolute Gasteiger partial charge is 0.302 e. The molecule has 4 atom stereocenters. The molecule has 166 valence electrons. The van der Waals surface area contributed by atoms with Crippen molar-refractivity contribution in [2.75, 3.05) is 13.2 Å². The summed E-state index contributed by atoms with van der Waals surface area (Å²) in [7, 11) is 0. The lowest BCUT2D eigenvalue weighted by Crippen LogP contribution is -2.46. The van der Waals surface area contributed by atoms with E-state index < -0.39 is 29.6 Å². The molecule has 2 aliphatic rings. The highest BCUT2D eigenvalue weighted by Crippen LogP contribution is 2.45. The lowest BCUT2D eigenvalue weighted by Gasteiger charge is -2.26. The molecule has 32 heavy (non-hydrogen) atoms. The van der Waals surface area contributed by atoms with Crippen LogP contribution in [0.5, 0.6) is 6.01 Å². The van der Waals surface area contributed by atoms with Crippen LogP contribution in [0.1, 0.15) is 11.1 Å². The summed E-state index contributed by atoms with van der Waals surface area (Å²) in [6, 6.07) is 21.0. The van der Waals surface area contributed by atoms with E-state index in [1.54, 1.807) is 4.57 Å². The van der Waals surface area contributed by atoms with E-state index in [9.17, 15) is 9.90 Å². The number of rotatable bonds is 8. The summed E-state index contributed by atoms with van der Waals surface area (Å²) in [4.78, 5) is 15.6. The maximum Gasteiger partial charge on any atom is 0.302 e. The lowest BCUT2D eigenvalue weighted by molar-refractivity contribution is -0.152. The molecule has 0 bridgehead atoms. The zero-order chi connectivity index (χ0) is 22.0. The Hall–Kier alpha value is -3.04. The highest BCUT2D eigenvalue weighted by atomic mass is 16.7. The highest BCUT2D eigenvalue weighted by molar-refractivity contribution is 5.18. The van der Waals surface area contributed by atoms with Gasteiger partial charge in [0.1, 0.15) is 12.2 Å². The van der Waals surface area contributed by atoms with Gasteiger partial charge >= 0.3 is 6.01 Å². The summed E-state index contributed by atoms with van der Waals surface area (Å²) in [5.41, 5.74) is 0.389. The number of benzene rings is 2.